The van der Waals surface area contributed by atoms with Gasteiger partial charge in [-0.2, -0.15) is 5.26 Å². The average molecular weight is 353 g/mol. The maximum Gasteiger partial charge on any atom is 0.264 e. The van der Waals surface area contributed by atoms with E-state index in [1.54, 1.807) is 35.0 Å². The van der Waals surface area contributed by atoms with Crippen molar-refractivity contribution in [3.63, 3.8) is 0 Å². The molecule has 3 rings (SSSR count). The summed E-state index contributed by atoms with van der Waals surface area (Å²) >= 11 is 1.40. The predicted octanol–water partition coefficient (Wildman–Crippen LogP) is 2.88. The standard InChI is InChI=1S/C19H19N3O2S/c1-21(13-15-8-6-14(12-20)7-9-15)18(23)16-4-2-10-22(16)19(24)17-5-3-11-25-17/h3,5-9,11,16H,2,4,10,13H2,1H3/t16-/m0/s1. The number of likely N-dealkylation sites (tertiary alicyclic amines) is 1. The van der Waals surface area contributed by atoms with Crippen LogP contribution < -0.4 is 0 Å². The molecule has 0 saturated carbocycles. The quantitative estimate of drug-likeness (QED) is 0.849. The number of carbonyl (C=O) groups is 2. The van der Waals surface area contributed by atoms with Crippen LogP contribution in [0, 0.1) is 11.3 Å². The third-order valence-electron chi connectivity index (χ3n) is 4.41. The molecule has 1 atom stereocenters. The molecule has 5 nitrogen and oxygen atoms in total. The molecule has 1 saturated heterocycles. The van der Waals surface area contributed by atoms with E-state index < -0.39 is 6.04 Å². The van der Waals surface area contributed by atoms with E-state index in [4.69, 9.17) is 5.26 Å². The monoisotopic (exact) mass is 353 g/mol. The van der Waals surface area contributed by atoms with Gasteiger partial charge in [-0.05, 0) is 42.0 Å². The molecule has 0 spiro atoms. The fourth-order valence-corrected chi connectivity index (χ4v) is 3.78. The molecular weight excluding hydrogens is 334 g/mol. The van der Waals surface area contributed by atoms with E-state index in [-0.39, 0.29) is 11.8 Å². The predicted molar refractivity (Wildman–Crippen MR) is 96.0 cm³/mol. The Morgan fingerprint density at radius 2 is 2.08 bits per heavy atom. The molecule has 2 amide bonds. The van der Waals surface area contributed by atoms with Gasteiger partial charge in [0.2, 0.25) is 5.91 Å². The highest BCUT2D eigenvalue weighted by Crippen LogP contribution is 2.24. The second-order valence-corrected chi connectivity index (χ2v) is 7.08. The Hall–Kier alpha value is -2.65. The molecule has 0 unspecified atom stereocenters. The molecule has 0 bridgehead atoms. The van der Waals surface area contributed by atoms with Crippen molar-refractivity contribution in [3.8, 4) is 6.07 Å². The number of hydrogen-bond donors (Lipinski definition) is 0. The first-order valence-electron chi connectivity index (χ1n) is 8.18. The number of rotatable bonds is 4. The van der Waals surface area contributed by atoms with Gasteiger partial charge in [-0.15, -0.1) is 11.3 Å². The van der Waals surface area contributed by atoms with Crippen molar-refractivity contribution in [2.75, 3.05) is 13.6 Å². The molecule has 128 valence electrons. The highest BCUT2D eigenvalue weighted by atomic mass is 32.1. The minimum Gasteiger partial charge on any atom is -0.340 e. The lowest BCUT2D eigenvalue weighted by atomic mass is 10.1. The van der Waals surface area contributed by atoms with Gasteiger partial charge in [-0.25, -0.2) is 0 Å². The molecule has 25 heavy (non-hydrogen) atoms. The van der Waals surface area contributed by atoms with Crippen LogP contribution in [-0.4, -0.2) is 41.2 Å². The number of nitrogens with zero attached hydrogens (tertiary/aromatic N) is 3. The molecule has 1 aromatic heterocycles. The van der Waals surface area contributed by atoms with E-state index in [0.29, 0.717) is 30.0 Å². The third-order valence-corrected chi connectivity index (χ3v) is 5.27. The lowest BCUT2D eigenvalue weighted by Gasteiger charge is -2.28. The number of thiophene rings is 1. The van der Waals surface area contributed by atoms with Crippen LogP contribution in [-0.2, 0) is 11.3 Å². The van der Waals surface area contributed by atoms with Gasteiger partial charge in [0, 0.05) is 20.1 Å². The summed E-state index contributed by atoms with van der Waals surface area (Å²) in [5.41, 5.74) is 1.56. The lowest BCUT2D eigenvalue weighted by Crippen LogP contribution is -2.46. The Balaban J connectivity index is 1.68. The first-order valence-corrected chi connectivity index (χ1v) is 9.06. The summed E-state index contributed by atoms with van der Waals surface area (Å²) in [5, 5.41) is 10.7. The molecule has 0 radical (unpaired) electrons. The maximum atomic E-state index is 12.8. The van der Waals surface area contributed by atoms with Crippen LogP contribution in [0.15, 0.2) is 41.8 Å². The molecule has 1 fully saturated rings. The molecule has 1 aliphatic rings. The molecule has 1 aliphatic heterocycles. The first kappa shape index (κ1) is 17.2. The second-order valence-electron chi connectivity index (χ2n) is 6.14. The Labute approximate surface area is 151 Å². The topological polar surface area (TPSA) is 64.4 Å². The van der Waals surface area contributed by atoms with Crippen molar-refractivity contribution in [1.29, 1.82) is 5.26 Å². The highest BCUT2D eigenvalue weighted by molar-refractivity contribution is 7.12. The molecule has 1 aromatic carbocycles. The van der Waals surface area contributed by atoms with Crippen LogP contribution in [0.5, 0.6) is 0 Å². The third kappa shape index (κ3) is 3.72. The van der Waals surface area contributed by atoms with Crippen LogP contribution in [0.3, 0.4) is 0 Å². The minimum atomic E-state index is -0.391. The zero-order valence-electron chi connectivity index (χ0n) is 14.0. The molecule has 6 heteroatoms. The van der Waals surface area contributed by atoms with Crippen LogP contribution >= 0.6 is 11.3 Å². The van der Waals surface area contributed by atoms with Crippen LogP contribution in [0.4, 0.5) is 0 Å². The fourth-order valence-electron chi connectivity index (χ4n) is 3.10. The number of amides is 2. The van der Waals surface area contributed by atoms with Crippen molar-refractivity contribution in [1.82, 2.24) is 9.80 Å². The molecular formula is C19H19N3O2S. The van der Waals surface area contributed by atoms with Gasteiger partial charge in [0.15, 0.2) is 0 Å². The summed E-state index contributed by atoms with van der Waals surface area (Å²) in [4.78, 5) is 29.5. The highest BCUT2D eigenvalue weighted by Gasteiger charge is 2.36. The second kappa shape index (κ2) is 7.49. The van der Waals surface area contributed by atoms with E-state index >= 15 is 0 Å². The van der Waals surface area contributed by atoms with Crippen LogP contribution in [0.2, 0.25) is 0 Å². The van der Waals surface area contributed by atoms with Crippen LogP contribution in [0.1, 0.15) is 33.6 Å². The van der Waals surface area contributed by atoms with Gasteiger partial charge in [0.25, 0.3) is 5.91 Å². The molecule has 0 N–H and O–H groups in total. The van der Waals surface area contributed by atoms with Gasteiger partial charge in [-0.3, -0.25) is 9.59 Å². The Bertz CT molecular complexity index is 793. The van der Waals surface area contributed by atoms with Gasteiger partial charge in [0.05, 0.1) is 16.5 Å². The maximum absolute atomic E-state index is 12.8. The van der Waals surface area contributed by atoms with E-state index in [0.717, 1.165) is 12.0 Å². The largest absolute Gasteiger partial charge is 0.340 e. The number of benzene rings is 1. The lowest BCUT2D eigenvalue weighted by molar-refractivity contribution is -0.134. The normalized spacial score (nSPS) is 16.5. The van der Waals surface area contributed by atoms with Gasteiger partial charge >= 0.3 is 0 Å². The summed E-state index contributed by atoms with van der Waals surface area (Å²) in [6, 6.07) is 12.5. The Kier molecular flexibility index (Phi) is 5.15. The molecule has 2 heterocycles. The summed E-state index contributed by atoms with van der Waals surface area (Å²) < 4.78 is 0. The number of carbonyl (C=O) groups excluding carboxylic acids is 2. The van der Waals surface area contributed by atoms with Gasteiger partial charge in [0.1, 0.15) is 6.04 Å². The zero-order chi connectivity index (χ0) is 17.8. The van der Waals surface area contributed by atoms with Gasteiger partial charge in [-0.1, -0.05) is 18.2 Å². The number of likely N-dealkylation sites (N-methyl/N-ethyl adjacent to an activating group) is 1. The van der Waals surface area contributed by atoms with Crippen molar-refractivity contribution in [2.24, 2.45) is 0 Å². The number of hydrogen-bond acceptors (Lipinski definition) is 4. The average Bonchev–Trinajstić information content (AvgIpc) is 3.32. The fraction of sp³-hybridized carbons (Fsp3) is 0.316. The molecule has 0 aliphatic carbocycles. The van der Waals surface area contributed by atoms with Gasteiger partial charge < -0.3 is 9.80 Å². The van der Waals surface area contributed by atoms with Crippen LogP contribution in [0.25, 0.3) is 0 Å². The van der Waals surface area contributed by atoms with E-state index in [9.17, 15) is 9.59 Å². The van der Waals surface area contributed by atoms with Crippen molar-refractivity contribution >= 4 is 23.2 Å². The summed E-state index contributed by atoms with van der Waals surface area (Å²) in [6.45, 7) is 1.08. The minimum absolute atomic E-state index is 0.0354. The number of nitriles is 1. The van der Waals surface area contributed by atoms with Crippen molar-refractivity contribution in [3.05, 3.63) is 57.8 Å². The summed E-state index contributed by atoms with van der Waals surface area (Å²) in [5.74, 6) is -0.0932. The van der Waals surface area contributed by atoms with Crippen molar-refractivity contribution < 1.29 is 9.59 Å². The Morgan fingerprint density at radius 3 is 2.72 bits per heavy atom. The smallest absolute Gasteiger partial charge is 0.264 e. The Morgan fingerprint density at radius 1 is 1.32 bits per heavy atom. The zero-order valence-corrected chi connectivity index (χ0v) is 14.8. The van der Waals surface area contributed by atoms with Crippen molar-refractivity contribution in [2.45, 2.75) is 25.4 Å². The summed E-state index contributed by atoms with van der Waals surface area (Å²) in [6.07, 6.45) is 1.55. The first-order chi connectivity index (χ1) is 12.1. The van der Waals surface area contributed by atoms with E-state index in [1.165, 1.54) is 11.3 Å². The molecule has 2 aromatic rings. The SMILES string of the molecule is CN(Cc1ccc(C#N)cc1)C(=O)[C@@H]1CCCN1C(=O)c1cccs1. The van der Waals surface area contributed by atoms with E-state index in [2.05, 4.69) is 6.07 Å². The van der Waals surface area contributed by atoms with E-state index in [1.807, 2.05) is 23.6 Å². The summed E-state index contributed by atoms with van der Waals surface area (Å²) in [7, 11) is 1.76.